The Morgan fingerprint density at radius 3 is 2.85 bits per heavy atom. The van der Waals surface area contributed by atoms with Crippen LogP contribution in [0.5, 0.6) is 5.75 Å². The summed E-state index contributed by atoms with van der Waals surface area (Å²) in [6, 6.07) is 4.02. The zero-order valence-electron chi connectivity index (χ0n) is 10.6. The van der Waals surface area contributed by atoms with Crippen LogP contribution in [0.3, 0.4) is 0 Å². The minimum atomic E-state index is -1.12. The predicted octanol–water partition coefficient (Wildman–Crippen LogP) is -0.0559. The highest BCUT2D eigenvalue weighted by Crippen LogP contribution is 2.23. The zero-order chi connectivity index (χ0) is 14.7. The first kappa shape index (κ1) is 13.9. The van der Waals surface area contributed by atoms with E-state index in [1.807, 2.05) is 0 Å². The van der Waals surface area contributed by atoms with Crippen LogP contribution < -0.4 is 11.1 Å². The molecule has 6 N–H and O–H groups in total. The van der Waals surface area contributed by atoms with Crippen LogP contribution in [-0.4, -0.2) is 39.7 Å². The third kappa shape index (κ3) is 3.07. The summed E-state index contributed by atoms with van der Waals surface area (Å²) in [4.78, 5) is 25.0. The normalized spacial score (nSPS) is 12.2. The molecule has 0 radical (unpaired) electrons. The van der Waals surface area contributed by atoms with Crippen molar-refractivity contribution >= 4 is 22.8 Å². The molecule has 2 aromatic rings. The Hall–Kier alpha value is -2.54. The molecule has 0 aliphatic rings. The van der Waals surface area contributed by atoms with Crippen molar-refractivity contribution in [1.29, 1.82) is 0 Å². The molecule has 0 saturated heterocycles. The Kier molecular flexibility index (Phi) is 3.90. The topological polar surface area (TPSA) is 128 Å². The van der Waals surface area contributed by atoms with E-state index in [4.69, 9.17) is 10.8 Å². The van der Waals surface area contributed by atoms with E-state index in [-0.39, 0.29) is 12.2 Å². The van der Waals surface area contributed by atoms with Crippen molar-refractivity contribution in [2.45, 2.75) is 12.5 Å². The van der Waals surface area contributed by atoms with Gasteiger partial charge in [-0.1, -0.05) is 0 Å². The largest absolute Gasteiger partial charge is 0.508 e. The fourth-order valence-corrected chi connectivity index (χ4v) is 1.96. The molecule has 20 heavy (non-hydrogen) atoms. The highest BCUT2D eigenvalue weighted by molar-refractivity contribution is 5.88. The average Bonchev–Trinajstić information content (AvgIpc) is 2.78. The summed E-state index contributed by atoms with van der Waals surface area (Å²) in [6.45, 7) is -0.457. The van der Waals surface area contributed by atoms with Crippen LogP contribution in [-0.2, 0) is 16.0 Å². The quantitative estimate of drug-likeness (QED) is 0.523. The summed E-state index contributed by atoms with van der Waals surface area (Å²) in [6.07, 6.45) is 1.96. The van der Waals surface area contributed by atoms with Crippen LogP contribution in [0.15, 0.2) is 24.4 Å². The molecule has 2 rings (SSSR count). The number of rotatable bonds is 5. The summed E-state index contributed by atoms with van der Waals surface area (Å²) in [5, 5.41) is 21.0. The minimum absolute atomic E-state index is 0.127. The first-order valence-corrected chi connectivity index (χ1v) is 6.01. The van der Waals surface area contributed by atoms with E-state index in [1.165, 1.54) is 0 Å². The minimum Gasteiger partial charge on any atom is -0.508 e. The van der Waals surface area contributed by atoms with Crippen LogP contribution >= 0.6 is 0 Å². The monoisotopic (exact) mass is 277 g/mol. The molecule has 7 nitrogen and oxygen atoms in total. The Bertz CT molecular complexity index is 650. The second kappa shape index (κ2) is 5.62. The Morgan fingerprint density at radius 2 is 2.15 bits per heavy atom. The van der Waals surface area contributed by atoms with E-state index in [0.717, 1.165) is 16.5 Å². The maximum absolute atomic E-state index is 11.6. The number of fused-ring (bicyclic) bond motifs is 1. The van der Waals surface area contributed by atoms with E-state index in [9.17, 15) is 14.7 Å². The number of phenolic OH excluding ortho intramolecular Hbond substituents is 1. The molecule has 0 spiro atoms. The zero-order valence-corrected chi connectivity index (χ0v) is 10.6. The number of aliphatic carboxylic acids is 1. The van der Waals surface area contributed by atoms with E-state index >= 15 is 0 Å². The van der Waals surface area contributed by atoms with Gasteiger partial charge in [-0.25, -0.2) is 0 Å². The fourth-order valence-electron chi connectivity index (χ4n) is 1.96. The van der Waals surface area contributed by atoms with Gasteiger partial charge in [0.2, 0.25) is 5.91 Å². The number of phenols is 1. The number of amides is 1. The van der Waals surface area contributed by atoms with Gasteiger partial charge in [0.05, 0.1) is 6.04 Å². The second-order valence-electron chi connectivity index (χ2n) is 4.47. The number of nitrogens with two attached hydrogens (primary N) is 1. The molecular formula is C13H15N3O4. The van der Waals surface area contributed by atoms with Crippen molar-refractivity contribution in [2.75, 3.05) is 6.54 Å². The van der Waals surface area contributed by atoms with Gasteiger partial charge in [0.15, 0.2) is 0 Å². The van der Waals surface area contributed by atoms with Crippen LogP contribution in [0.4, 0.5) is 0 Å². The lowest BCUT2D eigenvalue weighted by atomic mass is 10.0. The van der Waals surface area contributed by atoms with Gasteiger partial charge in [-0.15, -0.1) is 0 Å². The molecule has 0 saturated carbocycles. The Morgan fingerprint density at radius 1 is 1.40 bits per heavy atom. The standard InChI is InChI=1S/C13H15N3O4/c14-10(13(20)16-6-12(18)19)3-7-5-15-11-2-1-8(17)4-9(7)11/h1-2,4-5,10,15,17H,3,6,14H2,(H,16,20)(H,18,19)/t10-/m0/s1. The Balaban J connectivity index is 2.09. The lowest BCUT2D eigenvalue weighted by Crippen LogP contribution is -2.43. The molecule has 0 fully saturated rings. The SMILES string of the molecule is N[C@@H](Cc1c[nH]c2ccc(O)cc12)C(=O)NCC(=O)O. The van der Waals surface area contributed by atoms with Gasteiger partial charge in [0, 0.05) is 17.1 Å². The lowest BCUT2D eigenvalue weighted by Gasteiger charge is -2.10. The van der Waals surface area contributed by atoms with E-state index in [1.54, 1.807) is 24.4 Å². The number of aromatic amines is 1. The first-order chi connectivity index (χ1) is 9.47. The number of carboxylic acids is 1. The molecule has 0 aliphatic carbocycles. The number of carbonyl (C=O) groups excluding carboxylic acids is 1. The maximum atomic E-state index is 11.6. The number of nitrogens with one attached hydrogen (secondary N) is 2. The highest BCUT2D eigenvalue weighted by atomic mass is 16.4. The van der Waals surface area contributed by atoms with Crippen LogP contribution in [0.25, 0.3) is 10.9 Å². The van der Waals surface area contributed by atoms with Crippen LogP contribution in [0, 0.1) is 0 Å². The van der Waals surface area contributed by atoms with E-state index < -0.39 is 24.5 Å². The van der Waals surface area contributed by atoms with Crippen molar-refractivity contribution < 1.29 is 19.8 Å². The molecule has 1 atom stereocenters. The summed E-state index contributed by atoms with van der Waals surface area (Å²) < 4.78 is 0. The molecule has 0 aliphatic heterocycles. The van der Waals surface area contributed by atoms with Crippen molar-refractivity contribution in [3.8, 4) is 5.75 Å². The van der Waals surface area contributed by atoms with Gasteiger partial charge in [0.1, 0.15) is 12.3 Å². The molecule has 0 bridgehead atoms. The lowest BCUT2D eigenvalue weighted by molar-refractivity contribution is -0.138. The molecule has 0 unspecified atom stereocenters. The number of aromatic hydroxyl groups is 1. The number of carbonyl (C=O) groups is 2. The average molecular weight is 277 g/mol. The fraction of sp³-hybridized carbons (Fsp3) is 0.231. The number of hydrogen-bond acceptors (Lipinski definition) is 4. The smallest absolute Gasteiger partial charge is 0.322 e. The number of carboxylic acid groups (broad SMARTS) is 1. The summed E-state index contributed by atoms with van der Waals surface area (Å²) in [5.41, 5.74) is 7.36. The molecular weight excluding hydrogens is 262 g/mol. The predicted molar refractivity (Wildman–Crippen MR) is 72.3 cm³/mol. The van der Waals surface area contributed by atoms with Gasteiger partial charge in [0.25, 0.3) is 0 Å². The van der Waals surface area contributed by atoms with Crippen molar-refractivity contribution in [3.05, 3.63) is 30.0 Å². The Labute approximate surface area is 114 Å². The maximum Gasteiger partial charge on any atom is 0.322 e. The third-order valence-corrected chi connectivity index (χ3v) is 2.94. The van der Waals surface area contributed by atoms with Gasteiger partial charge in [-0.05, 0) is 30.2 Å². The van der Waals surface area contributed by atoms with Crippen molar-refractivity contribution in [1.82, 2.24) is 10.3 Å². The number of hydrogen-bond donors (Lipinski definition) is 5. The van der Waals surface area contributed by atoms with E-state index in [0.29, 0.717) is 0 Å². The summed E-state index contributed by atoms with van der Waals surface area (Å²) in [7, 11) is 0. The second-order valence-corrected chi connectivity index (χ2v) is 4.47. The van der Waals surface area contributed by atoms with Gasteiger partial charge in [-0.2, -0.15) is 0 Å². The van der Waals surface area contributed by atoms with Gasteiger partial charge in [-0.3, -0.25) is 9.59 Å². The number of aromatic nitrogens is 1. The third-order valence-electron chi connectivity index (χ3n) is 2.94. The summed E-state index contributed by atoms with van der Waals surface area (Å²) >= 11 is 0. The molecule has 1 aromatic heterocycles. The van der Waals surface area contributed by atoms with Gasteiger partial charge >= 0.3 is 5.97 Å². The molecule has 106 valence electrons. The van der Waals surface area contributed by atoms with Crippen LogP contribution in [0.2, 0.25) is 0 Å². The van der Waals surface area contributed by atoms with E-state index in [2.05, 4.69) is 10.3 Å². The van der Waals surface area contributed by atoms with Crippen molar-refractivity contribution in [3.63, 3.8) is 0 Å². The number of H-pyrrole nitrogens is 1. The molecule has 1 aromatic carbocycles. The number of benzene rings is 1. The molecule has 1 amide bonds. The molecule has 7 heteroatoms. The van der Waals surface area contributed by atoms with Crippen LogP contribution in [0.1, 0.15) is 5.56 Å². The summed E-state index contributed by atoms with van der Waals surface area (Å²) in [5.74, 6) is -1.52. The van der Waals surface area contributed by atoms with Gasteiger partial charge < -0.3 is 26.2 Å². The molecule has 1 heterocycles. The first-order valence-electron chi connectivity index (χ1n) is 6.01. The van der Waals surface area contributed by atoms with Crippen molar-refractivity contribution in [2.24, 2.45) is 5.73 Å². The highest BCUT2D eigenvalue weighted by Gasteiger charge is 2.16.